The molecule has 1 saturated carbocycles. The highest BCUT2D eigenvalue weighted by Gasteiger charge is 2.38. The molecule has 1 aliphatic heterocycles. The summed E-state index contributed by atoms with van der Waals surface area (Å²) in [6.07, 6.45) is 6.79. The SMILES string of the molecule is COc1cc2c(cc1OC)CC1(CCC1)N=C2. The molecule has 0 amide bonds. The van der Waals surface area contributed by atoms with Crippen LogP contribution in [0.2, 0.25) is 0 Å². The molecular formula is C14H17NO2. The summed E-state index contributed by atoms with van der Waals surface area (Å²) in [5, 5.41) is 0. The third kappa shape index (κ3) is 1.61. The first-order valence-electron chi connectivity index (χ1n) is 6.06. The smallest absolute Gasteiger partial charge is 0.161 e. The summed E-state index contributed by atoms with van der Waals surface area (Å²) in [7, 11) is 3.35. The van der Waals surface area contributed by atoms with E-state index in [1.807, 2.05) is 12.3 Å². The average molecular weight is 231 g/mol. The summed E-state index contributed by atoms with van der Waals surface area (Å²) >= 11 is 0. The van der Waals surface area contributed by atoms with E-state index >= 15 is 0 Å². The molecule has 1 aliphatic carbocycles. The first-order valence-corrected chi connectivity index (χ1v) is 6.06. The Morgan fingerprint density at radius 1 is 1.12 bits per heavy atom. The van der Waals surface area contributed by atoms with Gasteiger partial charge in [-0.3, -0.25) is 4.99 Å². The van der Waals surface area contributed by atoms with Gasteiger partial charge in [0.1, 0.15) is 0 Å². The molecule has 1 fully saturated rings. The summed E-state index contributed by atoms with van der Waals surface area (Å²) < 4.78 is 10.7. The predicted molar refractivity (Wildman–Crippen MR) is 67.4 cm³/mol. The average Bonchev–Trinajstić information content (AvgIpc) is 2.34. The van der Waals surface area contributed by atoms with Crippen LogP contribution in [0.15, 0.2) is 17.1 Å². The van der Waals surface area contributed by atoms with Crippen molar-refractivity contribution in [2.45, 2.75) is 31.2 Å². The molecule has 3 rings (SSSR count). The van der Waals surface area contributed by atoms with Gasteiger partial charge < -0.3 is 9.47 Å². The molecule has 0 saturated heterocycles. The van der Waals surface area contributed by atoms with Gasteiger partial charge in [0.15, 0.2) is 11.5 Å². The third-order valence-electron chi connectivity index (χ3n) is 3.93. The van der Waals surface area contributed by atoms with E-state index in [0.717, 1.165) is 17.9 Å². The number of nitrogens with zero attached hydrogens (tertiary/aromatic N) is 1. The third-order valence-corrected chi connectivity index (χ3v) is 3.93. The van der Waals surface area contributed by atoms with E-state index < -0.39 is 0 Å². The maximum atomic E-state index is 5.35. The Bertz CT molecular complexity index is 475. The molecule has 0 atom stereocenters. The molecule has 1 heterocycles. The van der Waals surface area contributed by atoms with Crippen LogP contribution in [0, 0.1) is 0 Å². The molecule has 3 nitrogen and oxygen atoms in total. The van der Waals surface area contributed by atoms with E-state index in [0.29, 0.717) is 0 Å². The van der Waals surface area contributed by atoms with E-state index in [-0.39, 0.29) is 5.54 Å². The minimum absolute atomic E-state index is 0.201. The van der Waals surface area contributed by atoms with E-state index in [4.69, 9.17) is 14.5 Å². The van der Waals surface area contributed by atoms with Crippen LogP contribution in [0.1, 0.15) is 30.4 Å². The van der Waals surface area contributed by atoms with Gasteiger partial charge in [-0.1, -0.05) is 0 Å². The highest BCUT2D eigenvalue weighted by Crippen LogP contribution is 2.43. The van der Waals surface area contributed by atoms with Crippen LogP contribution in [0.4, 0.5) is 0 Å². The summed E-state index contributed by atoms with van der Waals surface area (Å²) in [6.45, 7) is 0. The van der Waals surface area contributed by atoms with Gasteiger partial charge in [0, 0.05) is 6.21 Å². The topological polar surface area (TPSA) is 30.8 Å². The molecule has 90 valence electrons. The van der Waals surface area contributed by atoms with Crippen LogP contribution in [0.3, 0.4) is 0 Å². The largest absolute Gasteiger partial charge is 0.493 e. The van der Waals surface area contributed by atoms with Crippen molar-refractivity contribution in [3.8, 4) is 11.5 Å². The first kappa shape index (κ1) is 10.6. The van der Waals surface area contributed by atoms with Gasteiger partial charge in [-0.25, -0.2) is 0 Å². The van der Waals surface area contributed by atoms with Gasteiger partial charge in [-0.2, -0.15) is 0 Å². The second-order valence-corrected chi connectivity index (χ2v) is 4.92. The van der Waals surface area contributed by atoms with Crippen molar-refractivity contribution < 1.29 is 9.47 Å². The summed E-state index contributed by atoms with van der Waals surface area (Å²) in [4.78, 5) is 4.72. The molecule has 0 bridgehead atoms. The van der Waals surface area contributed by atoms with Crippen LogP contribution in [-0.2, 0) is 6.42 Å². The number of fused-ring (bicyclic) bond motifs is 1. The molecule has 2 aliphatic rings. The fourth-order valence-electron chi connectivity index (χ4n) is 2.71. The molecule has 3 heteroatoms. The molecule has 0 unspecified atom stereocenters. The normalized spacial score (nSPS) is 19.6. The molecule has 1 aromatic rings. The summed E-state index contributed by atoms with van der Waals surface area (Å²) in [5.74, 6) is 1.60. The van der Waals surface area contributed by atoms with Gasteiger partial charge in [0.2, 0.25) is 0 Å². The van der Waals surface area contributed by atoms with Crippen molar-refractivity contribution >= 4 is 6.21 Å². The molecule has 0 radical (unpaired) electrons. The van der Waals surface area contributed by atoms with Crippen LogP contribution >= 0.6 is 0 Å². The van der Waals surface area contributed by atoms with Crippen LogP contribution in [-0.4, -0.2) is 26.0 Å². The molecule has 1 aromatic carbocycles. The second kappa shape index (κ2) is 3.76. The quantitative estimate of drug-likeness (QED) is 0.783. The van der Waals surface area contributed by atoms with Crippen molar-refractivity contribution in [3.63, 3.8) is 0 Å². The number of aliphatic imine (C=N–C) groups is 1. The summed E-state index contributed by atoms with van der Waals surface area (Å²) in [5.41, 5.74) is 2.70. The minimum atomic E-state index is 0.201. The lowest BCUT2D eigenvalue weighted by Crippen LogP contribution is -2.39. The Morgan fingerprint density at radius 3 is 2.41 bits per heavy atom. The fraction of sp³-hybridized carbons (Fsp3) is 0.500. The number of benzene rings is 1. The minimum Gasteiger partial charge on any atom is -0.493 e. The van der Waals surface area contributed by atoms with Crippen LogP contribution < -0.4 is 9.47 Å². The van der Waals surface area contributed by atoms with Crippen LogP contribution in [0.25, 0.3) is 0 Å². The summed E-state index contributed by atoms with van der Waals surface area (Å²) in [6, 6.07) is 4.11. The van der Waals surface area contributed by atoms with Crippen molar-refractivity contribution in [1.29, 1.82) is 0 Å². The molecule has 0 aromatic heterocycles. The monoisotopic (exact) mass is 231 g/mol. The molecular weight excluding hydrogens is 214 g/mol. The first-order chi connectivity index (χ1) is 8.26. The van der Waals surface area contributed by atoms with E-state index in [1.165, 1.54) is 30.4 Å². The maximum Gasteiger partial charge on any atom is 0.161 e. The molecule has 0 N–H and O–H groups in total. The number of ether oxygens (including phenoxy) is 2. The maximum absolute atomic E-state index is 5.35. The Kier molecular flexibility index (Phi) is 2.35. The van der Waals surface area contributed by atoms with E-state index in [2.05, 4.69) is 6.07 Å². The second-order valence-electron chi connectivity index (χ2n) is 4.92. The number of rotatable bonds is 2. The standard InChI is InChI=1S/C14H17NO2/c1-16-12-6-10-8-14(4-3-5-14)15-9-11(10)7-13(12)17-2/h6-7,9H,3-5,8H2,1-2H3. The Balaban J connectivity index is 2.02. The van der Waals surface area contributed by atoms with E-state index in [9.17, 15) is 0 Å². The Labute approximate surface area is 101 Å². The number of hydrogen-bond acceptors (Lipinski definition) is 3. The van der Waals surface area contributed by atoms with Gasteiger partial charge >= 0.3 is 0 Å². The predicted octanol–water partition coefficient (Wildman–Crippen LogP) is 2.60. The fourth-order valence-corrected chi connectivity index (χ4v) is 2.71. The zero-order valence-corrected chi connectivity index (χ0v) is 10.3. The van der Waals surface area contributed by atoms with Gasteiger partial charge in [0.05, 0.1) is 19.8 Å². The lowest BCUT2D eigenvalue weighted by Gasteiger charge is -2.40. The zero-order valence-electron chi connectivity index (χ0n) is 10.3. The molecule has 1 spiro atoms. The zero-order chi connectivity index (χ0) is 11.9. The van der Waals surface area contributed by atoms with Gasteiger partial charge in [-0.15, -0.1) is 0 Å². The van der Waals surface area contributed by atoms with Crippen molar-refractivity contribution in [1.82, 2.24) is 0 Å². The lowest BCUT2D eigenvalue weighted by atomic mass is 9.71. The van der Waals surface area contributed by atoms with Crippen molar-refractivity contribution in [2.75, 3.05) is 14.2 Å². The lowest BCUT2D eigenvalue weighted by molar-refractivity contribution is 0.248. The van der Waals surface area contributed by atoms with Crippen LogP contribution in [0.5, 0.6) is 11.5 Å². The number of hydrogen-bond donors (Lipinski definition) is 0. The molecule has 17 heavy (non-hydrogen) atoms. The van der Waals surface area contributed by atoms with Gasteiger partial charge in [0.25, 0.3) is 0 Å². The van der Waals surface area contributed by atoms with Gasteiger partial charge in [-0.05, 0) is 48.9 Å². The highest BCUT2D eigenvalue weighted by atomic mass is 16.5. The number of methoxy groups -OCH3 is 2. The Hall–Kier alpha value is -1.51. The van der Waals surface area contributed by atoms with E-state index in [1.54, 1.807) is 14.2 Å². The Morgan fingerprint density at radius 2 is 1.82 bits per heavy atom. The van der Waals surface area contributed by atoms with Crippen molar-refractivity contribution in [2.24, 2.45) is 4.99 Å². The highest BCUT2D eigenvalue weighted by molar-refractivity contribution is 5.85. The van der Waals surface area contributed by atoms with Crippen molar-refractivity contribution in [3.05, 3.63) is 23.3 Å².